The summed E-state index contributed by atoms with van der Waals surface area (Å²) in [5, 5.41) is 10.5. The molecule has 0 saturated heterocycles. The largest absolute Gasteiger partial charge is 0.491 e. The number of ketones is 1. The molecule has 5 nitrogen and oxygen atoms in total. The van der Waals surface area contributed by atoms with Gasteiger partial charge in [-0.05, 0) is 43.3 Å². The van der Waals surface area contributed by atoms with E-state index in [1.165, 1.54) is 6.92 Å². The van der Waals surface area contributed by atoms with Gasteiger partial charge >= 0.3 is 0 Å². The molecular weight excluding hydrogens is 364 g/mol. The lowest BCUT2D eigenvalue weighted by Gasteiger charge is -2.17. The molecule has 0 aliphatic heterocycles. The number of carbonyl (C=O) groups excluding carboxylic acids is 1. The molecule has 0 fully saturated rings. The number of carbonyl (C=O) groups is 1. The number of aliphatic hydroxyl groups is 1. The summed E-state index contributed by atoms with van der Waals surface area (Å²) in [5.41, 5.74) is 2.59. The van der Waals surface area contributed by atoms with Crippen LogP contribution in [0, 0.1) is 0 Å². The second-order valence-electron chi connectivity index (χ2n) is 6.77. The van der Waals surface area contributed by atoms with Crippen molar-refractivity contribution >= 4 is 29.2 Å². The van der Waals surface area contributed by atoms with E-state index in [1.54, 1.807) is 24.3 Å². The minimum atomic E-state index is -0.669. The zero-order chi connectivity index (χ0) is 18.7. The molecule has 0 saturated carbocycles. The van der Waals surface area contributed by atoms with Gasteiger partial charge in [0.2, 0.25) is 0 Å². The number of aromatic nitrogens is 2. The van der Waals surface area contributed by atoms with Crippen LogP contribution in [0.5, 0.6) is 5.75 Å². The molecule has 0 spiro atoms. The molecule has 3 rings (SSSR count). The number of para-hydroxylation sites is 2. The van der Waals surface area contributed by atoms with Gasteiger partial charge in [-0.3, -0.25) is 4.79 Å². The molecule has 0 radical (unpaired) electrons. The molecule has 1 N–H and O–H groups in total. The van der Waals surface area contributed by atoms with Gasteiger partial charge in [0.05, 0.1) is 17.6 Å². The molecule has 2 aromatic carbocycles. The van der Waals surface area contributed by atoms with Crippen LogP contribution in [0.25, 0.3) is 11.0 Å². The van der Waals surface area contributed by atoms with E-state index in [-0.39, 0.29) is 30.7 Å². The first-order valence-corrected chi connectivity index (χ1v) is 8.82. The summed E-state index contributed by atoms with van der Waals surface area (Å²) in [6.45, 7) is 6.30. The van der Waals surface area contributed by atoms with Crippen LogP contribution in [0.2, 0.25) is 0 Å². The van der Waals surface area contributed by atoms with Gasteiger partial charge in [0, 0.05) is 11.5 Å². The fourth-order valence-corrected chi connectivity index (χ4v) is 2.97. The minimum Gasteiger partial charge on any atom is -0.491 e. The van der Waals surface area contributed by atoms with Crippen LogP contribution in [0.15, 0.2) is 48.5 Å². The Bertz CT molecular complexity index is 903. The molecular formula is C21H25ClN2O3. The van der Waals surface area contributed by atoms with Crippen LogP contribution in [-0.4, -0.2) is 33.2 Å². The summed E-state index contributed by atoms with van der Waals surface area (Å²) in [4.78, 5) is 16.0. The maximum absolute atomic E-state index is 11.3. The number of Topliss-reactive ketones (excluding diaryl/α,β-unsaturated/α-hetero) is 1. The maximum atomic E-state index is 11.3. The number of nitrogens with zero attached hydrogens (tertiary/aromatic N) is 2. The first kappa shape index (κ1) is 20.9. The van der Waals surface area contributed by atoms with Gasteiger partial charge in [-0.1, -0.05) is 26.0 Å². The summed E-state index contributed by atoms with van der Waals surface area (Å²) in [5.74, 6) is 1.86. The molecule has 1 unspecified atom stereocenters. The van der Waals surface area contributed by atoms with Gasteiger partial charge in [-0.2, -0.15) is 0 Å². The van der Waals surface area contributed by atoms with Gasteiger partial charge < -0.3 is 14.4 Å². The third-order valence-corrected chi connectivity index (χ3v) is 4.30. The zero-order valence-corrected chi connectivity index (χ0v) is 16.6. The monoisotopic (exact) mass is 388 g/mol. The van der Waals surface area contributed by atoms with E-state index in [1.807, 2.05) is 24.3 Å². The van der Waals surface area contributed by atoms with E-state index in [2.05, 4.69) is 23.4 Å². The lowest BCUT2D eigenvalue weighted by atomic mass is 10.1. The van der Waals surface area contributed by atoms with Crippen molar-refractivity contribution in [2.75, 3.05) is 6.61 Å². The van der Waals surface area contributed by atoms with E-state index in [9.17, 15) is 9.90 Å². The number of benzene rings is 2. The number of hydrogen-bond donors (Lipinski definition) is 1. The molecule has 0 amide bonds. The van der Waals surface area contributed by atoms with Crippen molar-refractivity contribution in [3.63, 3.8) is 0 Å². The molecule has 1 aromatic heterocycles. The van der Waals surface area contributed by atoms with E-state index in [0.29, 0.717) is 17.9 Å². The molecule has 1 atom stereocenters. The molecule has 0 aliphatic carbocycles. The predicted octanol–water partition coefficient (Wildman–Crippen LogP) is 4.22. The highest BCUT2D eigenvalue weighted by Crippen LogP contribution is 2.22. The number of hydrogen-bond acceptors (Lipinski definition) is 4. The number of halogens is 1. The molecule has 6 heteroatoms. The Balaban J connectivity index is 0.00000261. The van der Waals surface area contributed by atoms with Crippen LogP contribution in [-0.2, 0) is 6.54 Å². The van der Waals surface area contributed by atoms with Crippen molar-refractivity contribution < 1.29 is 14.6 Å². The minimum absolute atomic E-state index is 0. The second kappa shape index (κ2) is 9.02. The van der Waals surface area contributed by atoms with Crippen LogP contribution >= 0.6 is 12.4 Å². The first-order chi connectivity index (χ1) is 12.5. The highest BCUT2D eigenvalue weighted by molar-refractivity contribution is 5.94. The average molecular weight is 389 g/mol. The Morgan fingerprint density at radius 1 is 1.15 bits per heavy atom. The SMILES string of the molecule is CC(=O)c1ccc(OCC(O)Cn2c(C(C)C)nc3ccccc32)cc1.Cl. The van der Waals surface area contributed by atoms with Crippen LogP contribution in [0.4, 0.5) is 0 Å². The Morgan fingerprint density at radius 3 is 2.44 bits per heavy atom. The molecule has 0 aliphatic rings. The second-order valence-corrected chi connectivity index (χ2v) is 6.77. The van der Waals surface area contributed by atoms with Crippen molar-refractivity contribution in [2.45, 2.75) is 39.3 Å². The molecule has 27 heavy (non-hydrogen) atoms. The number of aliphatic hydroxyl groups excluding tert-OH is 1. The van der Waals surface area contributed by atoms with Crippen LogP contribution < -0.4 is 4.74 Å². The standard InChI is InChI=1S/C21H24N2O3.ClH/c1-14(2)21-22-19-6-4-5-7-20(19)23(21)12-17(25)13-26-18-10-8-16(9-11-18)15(3)24;/h4-11,14,17,25H,12-13H2,1-3H3;1H. The third kappa shape index (κ3) is 4.87. The fraction of sp³-hybridized carbons (Fsp3) is 0.333. The van der Waals surface area contributed by atoms with Gasteiger partial charge in [-0.25, -0.2) is 4.98 Å². The zero-order valence-electron chi connectivity index (χ0n) is 15.8. The Kier molecular flexibility index (Phi) is 6.99. The van der Waals surface area contributed by atoms with Crippen LogP contribution in [0.3, 0.4) is 0 Å². The normalized spacial score (nSPS) is 12.0. The van der Waals surface area contributed by atoms with Gasteiger partial charge in [-0.15, -0.1) is 12.4 Å². The average Bonchev–Trinajstić information content (AvgIpc) is 2.99. The van der Waals surface area contributed by atoms with Gasteiger partial charge in [0.25, 0.3) is 0 Å². The number of ether oxygens (including phenoxy) is 1. The topological polar surface area (TPSA) is 64.3 Å². The summed E-state index contributed by atoms with van der Waals surface area (Å²) >= 11 is 0. The third-order valence-electron chi connectivity index (χ3n) is 4.30. The summed E-state index contributed by atoms with van der Waals surface area (Å²) in [7, 11) is 0. The molecule has 1 heterocycles. The highest BCUT2D eigenvalue weighted by atomic mass is 35.5. The first-order valence-electron chi connectivity index (χ1n) is 8.82. The summed E-state index contributed by atoms with van der Waals surface area (Å²) in [6.07, 6.45) is -0.669. The van der Waals surface area contributed by atoms with Crippen LogP contribution in [0.1, 0.15) is 42.9 Å². The number of fused-ring (bicyclic) bond motifs is 1. The lowest BCUT2D eigenvalue weighted by Crippen LogP contribution is -2.24. The van der Waals surface area contributed by atoms with Gasteiger partial charge in [0.15, 0.2) is 5.78 Å². The smallest absolute Gasteiger partial charge is 0.159 e. The Morgan fingerprint density at radius 2 is 1.81 bits per heavy atom. The summed E-state index contributed by atoms with van der Waals surface area (Å²) in [6, 6.07) is 14.9. The summed E-state index contributed by atoms with van der Waals surface area (Å²) < 4.78 is 7.73. The number of rotatable bonds is 7. The fourth-order valence-electron chi connectivity index (χ4n) is 2.97. The maximum Gasteiger partial charge on any atom is 0.159 e. The van der Waals surface area contributed by atoms with Crippen molar-refractivity contribution in [2.24, 2.45) is 0 Å². The van der Waals surface area contributed by atoms with Crippen molar-refractivity contribution in [3.05, 3.63) is 59.9 Å². The van der Waals surface area contributed by atoms with E-state index in [0.717, 1.165) is 16.9 Å². The molecule has 0 bridgehead atoms. The van der Waals surface area contributed by atoms with Gasteiger partial charge in [0.1, 0.15) is 24.3 Å². The Hall–Kier alpha value is -2.37. The van der Waals surface area contributed by atoms with Crippen molar-refractivity contribution in [3.8, 4) is 5.75 Å². The Labute approximate surface area is 165 Å². The lowest BCUT2D eigenvalue weighted by molar-refractivity contribution is 0.0924. The highest BCUT2D eigenvalue weighted by Gasteiger charge is 2.16. The van der Waals surface area contributed by atoms with E-state index >= 15 is 0 Å². The van der Waals surface area contributed by atoms with E-state index < -0.39 is 6.10 Å². The van der Waals surface area contributed by atoms with Crippen molar-refractivity contribution in [1.29, 1.82) is 0 Å². The van der Waals surface area contributed by atoms with E-state index in [4.69, 9.17) is 4.74 Å². The molecule has 3 aromatic rings. The van der Waals surface area contributed by atoms with Crippen molar-refractivity contribution in [1.82, 2.24) is 9.55 Å². The predicted molar refractivity (Wildman–Crippen MR) is 109 cm³/mol. The quantitative estimate of drug-likeness (QED) is 0.615. The molecule has 144 valence electrons. The number of imidazole rings is 1.